The molecule has 7 heteroatoms. The molecule has 16 heavy (non-hydrogen) atoms. The summed E-state index contributed by atoms with van der Waals surface area (Å²) in [7, 11) is 0. The molecule has 0 aliphatic carbocycles. The quantitative estimate of drug-likeness (QED) is 0.584. The minimum atomic E-state index is -4.85. The number of nitro benzene ring substituents is 1. The molecule has 0 spiro atoms. The van der Waals surface area contributed by atoms with Crippen LogP contribution in [0.2, 0.25) is 0 Å². The van der Waals surface area contributed by atoms with Crippen LogP contribution in [0.5, 0.6) is 5.75 Å². The highest BCUT2D eigenvalue weighted by atomic mass is 19.4. The molecule has 0 unspecified atom stereocenters. The Kier molecular flexibility index (Phi) is 3.06. The molecule has 0 N–H and O–H groups in total. The minimum Gasteiger partial charge on any atom is -0.406 e. The van der Waals surface area contributed by atoms with Crippen LogP contribution >= 0.6 is 0 Å². The highest BCUT2D eigenvalue weighted by Gasteiger charge is 2.32. The van der Waals surface area contributed by atoms with Gasteiger partial charge < -0.3 is 4.74 Å². The van der Waals surface area contributed by atoms with Crippen molar-refractivity contribution in [1.29, 1.82) is 0 Å². The van der Waals surface area contributed by atoms with E-state index in [9.17, 15) is 23.3 Å². The molecular weight excluding hydrogens is 227 g/mol. The van der Waals surface area contributed by atoms with Crippen molar-refractivity contribution in [3.63, 3.8) is 0 Å². The van der Waals surface area contributed by atoms with Crippen LogP contribution in [0.25, 0.3) is 0 Å². The Bertz CT molecular complexity index is 429. The maximum absolute atomic E-state index is 11.9. The molecule has 0 saturated heterocycles. The van der Waals surface area contributed by atoms with Gasteiger partial charge >= 0.3 is 6.36 Å². The zero-order chi connectivity index (χ0) is 12.5. The summed E-state index contributed by atoms with van der Waals surface area (Å²) in [5.41, 5.74) is 0.298. The average Bonchev–Trinajstić information content (AvgIpc) is 2.07. The van der Waals surface area contributed by atoms with Crippen LogP contribution in [0, 0.1) is 24.0 Å². The second kappa shape index (κ2) is 3.99. The maximum atomic E-state index is 11.9. The van der Waals surface area contributed by atoms with Crippen molar-refractivity contribution in [3.8, 4) is 5.75 Å². The SMILES string of the molecule is Cc1cc(OC(F)(F)F)cc([N+](=O)[O-])c1C. The summed E-state index contributed by atoms with van der Waals surface area (Å²) in [5, 5.41) is 10.6. The van der Waals surface area contributed by atoms with Gasteiger partial charge in [-0.05, 0) is 25.5 Å². The molecule has 0 aliphatic rings. The van der Waals surface area contributed by atoms with Crippen molar-refractivity contribution in [1.82, 2.24) is 0 Å². The number of hydrogen-bond donors (Lipinski definition) is 0. The lowest BCUT2D eigenvalue weighted by Crippen LogP contribution is -2.17. The first-order valence-corrected chi connectivity index (χ1v) is 4.22. The van der Waals surface area contributed by atoms with E-state index in [1.54, 1.807) is 0 Å². The van der Waals surface area contributed by atoms with Gasteiger partial charge in [-0.15, -0.1) is 13.2 Å². The molecule has 0 aliphatic heterocycles. The van der Waals surface area contributed by atoms with E-state index < -0.39 is 17.0 Å². The normalized spacial score (nSPS) is 11.3. The third kappa shape index (κ3) is 2.85. The first kappa shape index (κ1) is 12.3. The van der Waals surface area contributed by atoms with Crippen molar-refractivity contribution >= 4 is 5.69 Å². The van der Waals surface area contributed by atoms with Gasteiger partial charge in [0.05, 0.1) is 11.0 Å². The topological polar surface area (TPSA) is 52.4 Å². The van der Waals surface area contributed by atoms with E-state index in [0.717, 1.165) is 12.1 Å². The fourth-order valence-corrected chi connectivity index (χ4v) is 1.19. The van der Waals surface area contributed by atoms with Gasteiger partial charge in [-0.3, -0.25) is 10.1 Å². The summed E-state index contributed by atoms with van der Waals surface area (Å²) in [6.07, 6.45) is -4.85. The van der Waals surface area contributed by atoms with Crippen molar-refractivity contribution in [2.24, 2.45) is 0 Å². The summed E-state index contributed by atoms with van der Waals surface area (Å²) in [6.45, 7) is 2.94. The molecule has 0 radical (unpaired) electrons. The highest BCUT2D eigenvalue weighted by molar-refractivity contribution is 5.49. The lowest BCUT2D eigenvalue weighted by atomic mass is 10.1. The van der Waals surface area contributed by atoms with Gasteiger partial charge in [0.15, 0.2) is 0 Å². The molecule has 0 atom stereocenters. The molecular formula is C9H8F3NO3. The zero-order valence-electron chi connectivity index (χ0n) is 8.46. The van der Waals surface area contributed by atoms with E-state index in [2.05, 4.69) is 4.74 Å². The van der Waals surface area contributed by atoms with Crippen LogP contribution in [-0.4, -0.2) is 11.3 Å². The van der Waals surface area contributed by atoms with E-state index in [1.165, 1.54) is 13.8 Å². The second-order valence-corrected chi connectivity index (χ2v) is 3.19. The first-order valence-electron chi connectivity index (χ1n) is 4.22. The number of rotatable bonds is 2. The van der Waals surface area contributed by atoms with Crippen molar-refractivity contribution in [2.75, 3.05) is 0 Å². The van der Waals surface area contributed by atoms with Crippen molar-refractivity contribution in [2.45, 2.75) is 20.2 Å². The van der Waals surface area contributed by atoms with Crippen LogP contribution < -0.4 is 4.74 Å². The monoisotopic (exact) mass is 235 g/mol. The van der Waals surface area contributed by atoms with Gasteiger partial charge in [0.2, 0.25) is 0 Å². The van der Waals surface area contributed by atoms with Crippen LogP contribution in [0.1, 0.15) is 11.1 Å². The van der Waals surface area contributed by atoms with Crippen LogP contribution in [0.15, 0.2) is 12.1 Å². The zero-order valence-corrected chi connectivity index (χ0v) is 8.46. The minimum absolute atomic E-state index is 0.319. The average molecular weight is 235 g/mol. The standard InChI is InChI=1S/C9H8F3NO3/c1-5-3-7(16-9(10,11)12)4-8(6(5)2)13(14)15/h3-4H,1-2H3. The summed E-state index contributed by atoms with van der Waals surface area (Å²) < 4.78 is 39.4. The van der Waals surface area contributed by atoms with Gasteiger partial charge in [-0.2, -0.15) is 0 Å². The summed E-state index contributed by atoms with van der Waals surface area (Å²) >= 11 is 0. The van der Waals surface area contributed by atoms with E-state index >= 15 is 0 Å². The van der Waals surface area contributed by atoms with Crippen LogP contribution in [0.3, 0.4) is 0 Å². The number of benzene rings is 1. The number of nitrogens with zero attached hydrogens (tertiary/aromatic N) is 1. The molecule has 1 aromatic rings. The summed E-state index contributed by atoms with van der Waals surface area (Å²) in [4.78, 5) is 9.82. The highest BCUT2D eigenvalue weighted by Crippen LogP contribution is 2.30. The van der Waals surface area contributed by atoms with Crippen molar-refractivity contribution in [3.05, 3.63) is 33.4 Å². The summed E-state index contributed by atoms with van der Waals surface area (Å²) in [6, 6.07) is 1.87. The Morgan fingerprint density at radius 1 is 1.31 bits per heavy atom. The largest absolute Gasteiger partial charge is 0.573 e. The molecule has 0 heterocycles. The van der Waals surface area contributed by atoms with Crippen molar-refractivity contribution < 1.29 is 22.8 Å². The lowest BCUT2D eigenvalue weighted by Gasteiger charge is -2.10. The first-order chi connectivity index (χ1) is 7.20. The van der Waals surface area contributed by atoms with Gasteiger partial charge in [-0.1, -0.05) is 0 Å². The van der Waals surface area contributed by atoms with Crippen LogP contribution in [0.4, 0.5) is 18.9 Å². The second-order valence-electron chi connectivity index (χ2n) is 3.19. The molecule has 88 valence electrons. The lowest BCUT2D eigenvalue weighted by molar-refractivity contribution is -0.385. The number of hydrogen-bond acceptors (Lipinski definition) is 3. The Balaban J connectivity index is 3.19. The molecule has 1 aromatic carbocycles. The van der Waals surface area contributed by atoms with Crippen LogP contribution in [-0.2, 0) is 0 Å². The predicted octanol–water partition coefficient (Wildman–Crippen LogP) is 3.11. The Morgan fingerprint density at radius 2 is 1.88 bits per heavy atom. The third-order valence-electron chi connectivity index (χ3n) is 2.04. The number of alkyl halides is 3. The van der Waals surface area contributed by atoms with Gasteiger partial charge in [0, 0.05) is 5.56 Å². The molecule has 0 saturated carbocycles. The van der Waals surface area contributed by atoms with Gasteiger partial charge in [-0.25, -0.2) is 0 Å². The predicted molar refractivity (Wildman–Crippen MR) is 49.3 cm³/mol. The maximum Gasteiger partial charge on any atom is 0.573 e. The molecule has 0 aromatic heterocycles. The molecule has 4 nitrogen and oxygen atoms in total. The van der Waals surface area contributed by atoms with E-state index in [-0.39, 0.29) is 5.69 Å². The van der Waals surface area contributed by atoms with Gasteiger partial charge in [0.1, 0.15) is 5.75 Å². The smallest absolute Gasteiger partial charge is 0.406 e. The third-order valence-corrected chi connectivity index (χ3v) is 2.04. The Morgan fingerprint density at radius 3 is 2.31 bits per heavy atom. The number of aryl methyl sites for hydroxylation is 1. The number of nitro groups is 1. The number of ether oxygens (including phenoxy) is 1. The number of halogens is 3. The Labute approximate surface area is 88.8 Å². The fourth-order valence-electron chi connectivity index (χ4n) is 1.19. The fraction of sp³-hybridized carbons (Fsp3) is 0.333. The molecule has 0 fully saturated rings. The molecule has 1 rings (SSSR count). The summed E-state index contributed by atoms with van der Waals surface area (Å²) in [5.74, 6) is -0.581. The van der Waals surface area contributed by atoms with E-state index in [1.807, 2.05) is 0 Å². The van der Waals surface area contributed by atoms with E-state index in [4.69, 9.17) is 0 Å². The molecule has 0 amide bonds. The van der Waals surface area contributed by atoms with Gasteiger partial charge in [0.25, 0.3) is 5.69 Å². The van der Waals surface area contributed by atoms with E-state index in [0.29, 0.717) is 11.1 Å². The molecule has 0 bridgehead atoms. The Hall–Kier alpha value is -1.79.